The van der Waals surface area contributed by atoms with Crippen LogP contribution in [0.1, 0.15) is 18.2 Å². The number of phenolic OH excluding ortho intramolecular Hbond substituents is 1. The molecule has 0 saturated carbocycles. The maximum Gasteiger partial charge on any atom is 0.128 e. The summed E-state index contributed by atoms with van der Waals surface area (Å²) in [7, 11) is 0. The van der Waals surface area contributed by atoms with Gasteiger partial charge in [-0.1, -0.05) is 18.2 Å². The highest BCUT2D eigenvalue weighted by Gasteiger charge is 2.10. The third-order valence-corrected chi connectivity index (χ3v) is 3.75. The molecule has 0 unspecified atom stereocenters. The van der Waals surface area contributed by atoms with E-state index in [-0.39, 0.29) is 5.75 Å². The predicted molar refractivity (Wildman–Crippen MR) is 84.8 cm³/mol. The minimum Gasteiger partial charge on any atom is -0.508 e. The molecule has 0 radical (unpaired) electrons. The van der Waals surface area contributed by atoms with Crippen LogP contribution in [-0.4, -0.2) is 9.67 Å². The van der Waals surface area contributed by atoms with Gasteiger partial charge in [0.25, 0.3) is 0 Å². The van der Waals surface area contributed by atoms with Crippen LogP contribution in [0.4, 0.5) is 0 Å². The lowest BCUT2D eigenvalue weighted by atomic mass is 10.2. The summed E-state index contributed by atoms with van der Waals surface area (Å²) in [6.07, 6.45) is 0. The van der Waals surface area contributed by atoms with E-state index in [2.05, 4.69) is 42.7 Å². The number of para-hydroxylation sites is 1. The summed E-state index contributed by atoms with van der Waals surface area (Å²) < 4.78 is 8.12. The fraction of sp³-hybridized carbons (Fsp3) is 0.222. The van der Waals surface area contributed by atoms with Gasteiger partial charge in [0.1, 0.15) is 18.1 Å². The van der Waals surface area contributed by atoms with Crippen LogP contribution in [0, 0.1) is 6.92 Å². The van der Waals surface area contributed by atoms with Crippen LogP contribution in [0.5, 0.6) is 11.5 Å². The van der Waals surface area contributed by atoms with Crippen molar-refractivity contribution in [2.75, 3.05) is 0 Å². The summed E-state index contributed by atoms with van der Waals surface area (Å²) in [5.74, 6) is 1.01. The van der Waals surface area contributed by atoms with Crippen molar-refractivity contribution < 1.29 is 9.84 Å². The zero-order valence-corrected chi connectivity index (χ0v) is 12.3. The number of nitrogens with zero attached hydrogens (tertiary/aromatic N) is 1. The molecule has 108 valence electrons. The van der Waals surface area contributed by atoms with Gasteiger partial charge in [-0.2, -0.15) is 0 Å². The van der Waals surface area contributed by atoms with Gasteiger partial charge in [0.05, 0.1) is 11.2 Å². The lowest BCUT2D eigenvalue weighted by molar-refractivity contribution is 0.295. The van der Waals surface area contributed by atoms with Gasteiger partial charge in [-0.15, -0.1) is 0 Å². The van der Waals surface area contributed by atoms with E-state index in [1.54, 1.807) is 24.3 Å². The van der Waals surface area contributed by atoms with Crippen molar-refractivity contribution in [3.63, 3.8) is 0 Å². The predicted octanol–water partition coefficient (Wildman–Crippen LogP) is 4.25. The number of rotatable bonds is 4. The molecule has 2 aromatic carbocycles. The van der Waals surface area contributed by atoms with Gasteiger partial charge in [-0.25, -0.2) is 0 Å². The van der Waals surface area contributed by atoms with Gasteiger partial charge in [0.2, 0.25) is 0 Å². The van der Waals surface area contributed by atoms with Crippen LogP contribution in [-0.2, 0) is 13.2 Å². The highest BCUT2D eigenvalue weighted by Crippen LogP contribution is 2.24. The molecule has 1 aromatic heterocycles. The van der Waals surface area contributed by atoms with Crippen molar-refractivity contribution in [2.45, 2.75) is 27.0 Å². The lowest BCUT2D eigenvalue weighted by Gasteiger charge is -2.11. The molecule has 0 aliphatic heterocycles. The molecule has 1 N–H and O–H groups in total. The van der Waals surface area contributed by atoms with Crippen LogP contribution in [0.15, 0.2) is 48.5 Å². The van der Waals surface area contributed by atoms with Crippen molar-refractivity contribution >= 4 is 10.9 Å². The highest BCUT2D eigenvalue weighted by atomic mass is 16.5. The molecule has 0 bridgehead atoms. The number of aromatic nitrogens is 1. The quantitative estimate of drug-likeness (QED) is 0.775. The molecule has 0 amide bonds. The molecule has 0 aliphatic rings. The van der Waals surface area contributed by atoms with E-state index in [0.717, 1.165) is 18.0 Å². The number of fused-ring (bicyclic) bond motifs is 1. The monoisotopic (exact) mass is 281 g/mol. The summed E-state index contributed by atoms with van der Waals surface area (Å²) in [4.78, 5) is 0. The van der Waals surface area contributed by atoms with Gasteiger partial charge in [-0.05, 0) is 49.7 Å². The Hall–Kier alpha value is -2.42. The zero-order chi connectivity index (χ0) is 14.8. The van der Waals surface area contributed by atoms with Crippen molar-refractivity contribution in [1.29, 1.82) is 0 Å². The third-order valence-electron chi connectivity index (χ3n) is 3.75. The van der Waals surface area contributed by atoms with E-state index in [1.165, 1.54) is 16.5 Å². The number of hydrogen-bond acceptors (Lipinski definition) is 2. The van der Waals surface area contributed by atoms with Gasteiger partial charge < -0.3 is 14.4 Å². The average Bonchev–Trinajstić information content (AvgIpc) is 2.85. The molecular weight excluding hydrogens is 262 g/mol. The summed E-state index contributed by atoms with van der Waals surface area (Å²) in [5.41, 5.74) is 3.73. The summed E-state index contributed by atoms with van der Waals surface area (Å²) >= 11 is 0. The van der Waals surface area contributed by atoms with E-state index < -0.39 is 0 Å². The van der Waals surface area contributed by atoms with Crippen molar-refractivity contribution in [3.05, 3.63) is 59.8 Å². The summed E-state index contributed by atoms with van der Waals surface area (Å²) in [5, 5.41) is 10.5. The Balaban J connectivity index is 1.90. The van der Waals surface area contributed by atoms with Crippen LogP contribution < -0.4 is 4.74 Å². The molecule has 3 rings (SSSR count). The molecule has 0 spiro atoms. The first kappa shape index (κ1) is 13.6. The van der Waals surface area contributed by atoms with Crippen molar-refractivity contribution in [2.24, 2.45) is 0 Å². The summed E-state index contributed by atoms with van der Waals surface area (Å²) in [6.45, 7) is 5.73. The Morgan fingerprint density at radius 1 is 1.10 bits per heavy atom. The molecule has 1 heterocycles. The Kier molecular flexibility index (Phi) is 3.57. The van der Waals surface area contributed by atoms with Gasteiger partial charge in [0.15, 0.2) is 0 Å². The molecule has 3 heteroatoms. The second-order valence-corrected chi connectivity index (χ2v) is 5.18. The maximum atomic E-state index is 9.29. The van der Waals surface area contributed by atoms with Crippen LogP contribution in [0.3, 0.4) is 0 Å². The standard InChI is InChI=1S/C18H19NO2/c1-3-19-15(11-14-6-4-5-13(2)18(14)19)12-21-17-9-7-16(20)8-10-17/h4-11,20H,3,12H2,1-2H3. The number of aromatic hydroxyl groups is 1. The lowest BCUT2D eigenvalue weighted by Crippen LogP contribution is -2.05. The number of aryl methyl sites for hydroxylation is 2. The van der Waals surface area contributed by atoms with E-state index >= 15 is 0 Å². The number of benzene rings is 2. The fourth-order valence-corrected chi connectivity index (χ4v) is 2.75. The highest BCUT2D eigenvalue weighted by molar-refractivity contribution is 5.84. The molecule has 0 aliphatic carbocycles. The minimum absolute atomic E-state index is 0.251. The second kappa shape index (κ2) is 5.52. The number of phenols is 1. The smallest absolute Gasteiger partial charge is 0.128 e. The van der Waals surface area contributed by atoms with Crippen molar-refractivity contribution in [3.8, 4) is 11.5 Å². The third kappa shape index (κ3) is 2.59. The van der Waals surface area contributed by atoms with E-state index in [1.807, 2.05) is 0 Å². The fourth-order valence-electron chi connectivity index (χ4n) is 2.75. The van der Waals surface area contributed by atoms with Gasteiger partial charge in [-0.3, -0.25) is 0 Å². The number of hydrogen-bond donors (Lipinski definition) is 1. The molecule has 0 fully saturated rings. The average molecular weight is 281 g/mol. The second-order valence-electron chi connectivity index (χ2n) is 5.18. The zero-order valence-electron chi connectivity index (χ0n) is 12.3. The van der Waals surface area contributed by atoms with E-state index in [4.69, 9.17) is 4.74 Å². The van der Waals surface area contributed by atoms with E-state index in [0.29, 0.717) is 6.61 Å². The Morgan fingerprint density at radius 2 is 1.86 bits per heavy atom. The molecule has 0 saturated heterocycles. The van der Waals surface area contributed by atoms with Crippen LogP contribution in [0.2, 0.25) is 0 Å². The first-order chi connectivity index (χ1) is 10.2. The first-order valence-corrected chi connectivity index (χ1v) is 7.18. The van der Waals surface area contributed by atoms with Crippen molar-refractivity contribution in [1.82, 2.24) is 4.57 Å². The molecule has 3 aromatic rings. The van der Waals surface area contributed by atoms with E-state index in [9.17, 15) is 5.11 Å². The minimum atomic E-state index is 0.251. The SMILES string of the molecule is CCn1c(COc2ccc(O)cc2)cc2cccc(C)c21. The Labute approximate surface area is 124 Å². The summed E-state index contributed by atoms with van der Waals surface area (Å²) in [6, 6.07) is 15.4. The van der Waals surface area contributed by atoms with Crippen LogP contribution >= 0.6 is 0 Å². The molecule has 21 heavy (non-hydrogen) atoms. The largest absolute Gasteiger partial charge is 0.508 e. The van der Waals surface area contributed by atoms with Gasteiger partial charge >= 0.3 is 0 Å². The van der Waals surface area contributed by atoms with Gasteiger partial charge in [0, 0.05) is 11.9 Å². The molecular formula is C18H19NO2. The van der Waals surface area contributed by atoms with Crippen LogP contribution in [0.25, 0.3) is 10.9 Å². The Bertz CT molecular complexity index is 757. The first-order valence-electron chi connectivity index (χ1n) is 7.18. The Morgan fingerprint density at radius 3 is 2.57 bits per heavy atom. The maximum absolute atomic E-state index is 9.29. The number of ether oxygens (including phenoxy) is 1. The topological polar surface area (TPSA) is 34.4 Å². The molecule has 3 nitrogen and oxygen atoms in total. The normalized spacial score (nSPS) is 11.0. The molecule has 0 atom stereocenters.